The van der Waals surface area contributed by atoms with Gasteiger partial charge in [-0.25, -0.2) is 5.48 Å². The molecule has 0 amide bonds. The molecule has 72 valence electrons. The summed E-state index contributed by atoms with van der Waals surface area (Å²) in [5.41, 5.74) is 4.08. The van der Waals surface area contributed by atoms with Gasteiger partial charge in [-0.05, 0) is 30.2 Å². The minimum Gasteiger partial charge on any atom is -0.495 e. The molecule has 0 bridgehead atoms. The maximum atomic E-state index is 8.55. The van der Waals surface area contributed by atoms with Crippen LogP contribution in [0.4, 0.5) is 0 Å². The fourth-order valence-electron chi connectivity index (χ4n) is 1.13. The molecule has 0 heterocycles. The van der Waals surface area contributed by atoms with Crippen molar-refractivity contribution < 1.29 is 9.94 Å². The van der Waals surface area contributed by atoms with Gasteiger partial charge in [0.2, 0.25) is 0 Å². The normalized spacial score (nSPS) is 10.2. The molecule has 1 aromatic rings. The van der Waals surface area contributed by atoms with Gasteiger partial charge in [0.25, 0.3) is 0 Å². The van der Waals surface area contributed by atoms with E-state index in [2.05, 4.69) is 5.48 Å². The van der Waals surface area contributed by atoms with Gasteiger partial charge < -0.3 is 9.94 Å². The predicted octanol–water partition coefficient (Wildman–Crippen LogP) is 2.14. The summed E-state index contributed by atoms with van der Waals surface area (Å²) >= 11 is 5.89. The van der Waals surface area contributed by atoms with Crippen molar-refractivity contribution >= 4 is 11.6 Å². The molecule has 0 radical (unpaired) electrons. The van der Waals surface area contributed by atoms with Crippen LogP contribution in [0.2, 0.25) is 5.02 Å². The SMILES string of the molecule is COc1cc(CNO)c(C)cc1Cl. The van der Waals surface area contributed by atoms with E-state index in [9.17, 15) is 0 Å². The Kier molecular flexibility index (Phi) is 3.54. The minimum absolute atomic E-state index is 0.388. The Morgan fingerprint density at radius 2 is 2.23 bits per heavy atom. The van der Waals surface area contributed by atoms with Gasteiger partial charge in [-0.3, -0.25) is 0 Å². The summed E-state index contributed by atoms with van der Waals surface area (Å²) in [4.78, 5) is 0. The maximum absolute atomic E-state index is 8.55. The van der Waals surface area contributed by atoms with Gasteiger partial charge >= 0.3 is 0 Å². The summed E-state index contributed by atoms with van der Waals surface area (Å²) < 4.78 is 5.05. The molecule has 1 aromatic carbocycles. The number of hydroxylamine groups is 1. The van der Waals surface area contributed by atoms with Crippen LogP contribution < -0.4 is 10.2 Å². The van der Waals surface area contributed by atoms with E-state index in [4.69, 9.17) is 21.5 Å². The second-order valence-electron chi connectivity index (χ2n) is 2.75. The van der Waals surface area contributed by atoms with Gasteiger partial charge in [-0.1, -0.05) is 11.6 Å². The van der Waals surface area contributed by atoms with Crippen LogP contribution >= 0.6 is 11.6 Å². The first-order valence-electron chi connectivity index (χ1n) is 3.89. The molecule has 0 unspecified atom stereocenters. The van der Waals surface area contributed by atoms with E-state index in [1.165, 1.54) is 0 Å². The van der Waals surface area contributed by atoms with E-state index >= 15 is 0 Å². The number of benzene rings is 1. The molecule has 0 fully saturated rings. The van der Waals surface area contributed by atoms with E-state index in [0.717, 1.165) is 11.1 Å². The van der Waals surface area contributed by atoms with E-state index in [0.29, 0.717) is 17.3 Å². The Bertz CT molecular complexity index is 302. The van der Waals surface area contributed by atoms with Gasteiger partial charge in [0, 0.05) is 6.54 Å². The number of ether oxygens (including phenoxy) is 1. The van der Waals surface area contributed by atoms with E-state index < -0.39 is 0 Å². The second kappa shape index (κ2) is 4.46. The largest absolute Gasteiger partial charge is 0.495 e. The van der Waals surface area contributed by atoms with Crippen molar-refractivity contribution in [2.45, 2.75) is 13.5 Å². The Morgan fingerprint density at radius 1 is 1.54 bits per heavy atom. The summed E-state index contributed by atoms with van der Waals surface area (Å²) in [5, 5.41) is 9.14. The molecular weight excluding hydrogens is 190 g/mol. The van der Waals surface area contributed by atoms with Crippen LogP contribution in [0, 0.1) is 6.92 Å². The van der Waals surface area contributed by atoms with Crippen molar-refractivity contribution in [3.63, 3.8) is 0 Å². The van der Waals surface area contributed by atoms with E-state index in [1.54, 1.807) is 13.2 Å². The number of halogens is 1. The fraction of sp³-hybridized carbons (Fsp3) is 0.333. The number of methoxy groups -OCH3 is 1. The Morgan fingerprint density at radius 3 is 2.77 bits per heavy atom. The number of hydrogen-bond donors (Lipinski definition) is 2. The lowest BCUT2D eigenvalue weighted by Crippen LogP contribution is -2.07. The summed E-state index contributed by atoms with van der Waals surface area (Å²) in [6, 6.07) is 3.62. The smallest absolute Gasteiger partial charge is 0.137 e. The third-order valence-corrected chi connectivity index (χ3v) is 2.18. The molecule has 0 spiro atoms. The molecule has 0 aliphatic heterocycles. The molecule has 0 atom stereocenters. The summed E-state index contributed by atoms with van der Waals surface area (Å²) in [6.07, 6.45) is 0. The molecule has 0 aliphatic rings. The van der Waals surface area contributed by atoms with E-state index in [1.807, 2.05) is 13.0 Å². The third-order valence-electron chi connectivity index (χ3n) is 1.88. The predicted molar refractivity (Wildman–Crippen MR) is 51.4 cm³/mol. The van der Waals surface area contributed by atoms with Gasteiger partial charge in [0.15, 0.2) is 0 Å². The van der Waals surface area contributed by atoms with Crippen LogP contribution in [-0.2, 0) is 6.54 Å². The third kappa shape index (κ3) is 2.34. The average molecular weight is 202 g/mol. The van der Waals surface area contributed by atoms with Gasteiger partial charge in [0.1, 0.15) is 5.75 Å². The molecule has 13 heavy (non-hydrogen) atoms. The number of rotatable bonds is 3. The number of hydrogen-bond acceptors (Lipinski definition) is 3. The van der Waals surface area contributed by atoms with Crippen LogP contribution in [-0.4, -0.2) is 12.3 Å². The summed E-state index contributed by atoms with van der Waals surface area (Å²) in [5.74, 6) is 0.623. The Balaban J connectivity index is 3.06. The zero-order valence-electron chi connectivity index (χ0n) is 7.60. The Hall–Kier alpha value is -0.770. The topological polar surface area (TPSA) is 41.5 Å². The first-order chi connectivity index (χ1) is 6.19. The quantitative estimate of drug-likeness (QED) is 0.737. The van der Waals surface area contributed by atoms with Gasteiger partial charge in [-0.2, -0.15) is 0 Å². The lowest BCUT2D eigenvalue weighted by molar-refractivity contribution is 0.161. The van der Waals surface area contributed by atoms with Crippen LogP contribution in [0.3, 0.4) is 0 Å². The Labute approximate surface area is 82.2 Å². The number of aryl methyl sites for hydroxylation is 1. The van der Waals surface area contributed by atoms with Crippen molar-refractivity contribution in [2.75, 3.05) is 7.11 Å². The van der Waals surface area contributed by atoms with Crippen LogP contribution in [0.15, 0.2) is 12.1 Å². The lowest BCUT2D eigenvalue weighted by atomic mass is 10.1. The molecule has 3 nitrogen and oxygen atoms in total. The standard InChI is InChI=1S/C9H12ClNO2/c1-6-3-8(10)9(13-2)4-7(6)5-11-12/h3-4,11-12H,5H2,1-2H3. The van der Waals surface area contributed by atoms with Crippen molar-refractivity contribution in [1.29, 1.82) is 0 Å². The lowest BCUT2D eigenvalue weighted by Gasteiger charge is -2.09. The summed E-state index contributed by atoms with van der Waals surface area (Å²) in [7, 11) is 1.56. The van der Waals surface area contributed by atoms with Crippen molar-refractivity contribution in [2.24, 2.45) is 0 Å². The monoisotopic (exact) mass is 201 g/mol. The van der Waals surface area contributed by atoms with Crippen molar-refractivity contribution in [3.8, 4) is 5.75 Å². The molecule has 4 heteroatoms. The molecular formula is C9H12ClNO2. The highest BCUT2D eigenvalue weighted by Gasteiger charge is 2.05. The molecule has 0 aromatic heterocycles. The molecule has 2 N–H and O–H groups in total. The zero-order chi connectivity index (χ0) is 9.84. The highest BCUT2D eigenvalue weighted by atomic mass is 35.5. The molecule has 0 saturated carbocycles. The molecule has 0 saturated heterocycles. The van der Waals surface area contributed by atoms with Crippen LogP contribution in [0.25, 0.3) is 0 Å². The number of nitrogens with one attached hydrogen (secondary N) is 1. The highest BCUT2D eigenvalue weighted by molar-refractivity contribution is 6.32. The van der Waals surface area contributed by atoms with Crippen LogP contribution in [0.5, 0.6) is 5.75 Å². The first-order valence-corrected chi connectivity index (χ1v) is 4.26. The minimum atomic E-state index is 0.388. The van der Waals surface area contributed by atoms with Gasteiger partial charge in [-0.15, -0.1) is 0 Å². The second-order valence-corrected chi connectivity index (χ2v) is 3.16. The zero-order valence-corrected chi connectivity index (χ0v) is 8.35. The first kappa shape index (κ1) is 10.3. The molecule has 0 aliphatic carbocycles. The molecule has 1 rings (SSSR count). The summed E-state index contributed by atoms with van der Waals surface area (Å²) in [6.45, 7) is 2.32. The average Bonchev–Trinajstić information content (AvgIpc) is 2.10. The highest BCUT2D eigenvalue weighted by Crippen LogP contribution is 2.27. The van der Waals surface area contributed by atoms with Crippen LogP contribution in [0.1, 0.15) is 11.1 Å². The van der Waals surface area contributed by atoms with Crippen molar-refractivity contribution in [1.82, 2.24) is 5.48 Å². The van der Waals surface area contributed by atoms with Crippen molar-refractivity contribution in [3.05, 3.63) is 28.3 Å². The van der Waals surface area contributed by atoms with E-state index in [-0.39, 0.29) is 0 Å². The van der Waals surface area contributed by atoms with Gasteiger partial charge in [0.05, 0.1) is 12.1 Å². The maximum Gasteiger partial charge on any atom is 0.137 e. The fourth-order valence-corrected chi connectivity index (χ4v) is 1.42.